The monoisotopic (exact) mass is 183 g/mol. The Kier molecular flexibility index (Phi) is 2.04. The molecule has 13 heavy (non-hydrogen) atoms. The Hall–Kier alpha value is -0.960. The first-order chi connectivity index (χ1) is 6.20. The molecule has 1 aliphatic carbocycles. The second-order valence-electron chi connectivity index (χ2n) is 3.54. The van der Waals surface area contributed by atoms with Gasteiger partial charge in [0.1, 0.15) is 11.6 Å². The third kappa shape index (κ3) is 1.70. The molecule has 0 spiro atoms. The van der Waals surface area contributed by atoms with Crippen molar-refractivity contribution in [2.24, 2.45) is 11.7 Å². The van der Waals surface area contributed by atoms with Gasteiger partial charge in [0.25, 0.3) is 0 Å². The van der Waals surface area contributed by atoms with Crippen LogP contribution in [0.3, 0.4) is 0 Å². The van der Waals surface area contributed by atoms with Gasteiger partial charge in [-0.2, -0.15) is 0 Å². The van der Waals surface area contributed by atoms with Gasteiger partial charge in [-0.15, -0.1) is 0 Å². The molecule has 1 aromatic carbocycles. The predicted molar refractivity (Wildman–Crippen MR) is 46.3 cm³/mol. The van der Waals surface area contributed by atoms with Gasteiger partial charge in [0.05, 0.1) is 0 Å². The van der Waals surface area contributed by atoms with Gasteiger partial charge in [0.15, 0.2) is 0 Å². The Bertz CT molecular complexity index is 304. The van der Waals surface area contributed by atoms with Crippen LogP contribution >= 0.6 is 0 Å². The van der Waals surface area contributed by atoms with Gasteiger partial charge >= 0.3 is 0 Å². The molecule has 0 aromatic heterocycles. The molecular weight excluding hydrogens is 172 g/mol. The van der Waals surface area contributed by atoms with E-state index in [-0.39, 0.29) is 5.92 Å². The highest BCUT2D eigenvalue weighted by atomic mass is 19.1. The summed E-state index contributed by atoms with van der Waals surface area (Å²) in [6, 6.07) is 3.68. The Morgan fingerprint density at radius 1 is 1.23 bits per heavy atom. The maximum Gasteiger partial charge on any atom is 0.126 e. The third-order valence-electron chi connectivity index (χ3n) is 2.54. The molecule has 1 fully saturated rings. The van der Waals surface area contributed by atoms with Gasteiger partial charge in [-0.3, -0.25) is 0 Å². The lowest BCUT2D eigenvalue weighted by molar-refractivity contribution is 0.579. The smallest absolute Gasteiger partial charge is 0.126 e. The van der Waals surface area contributed by atoms with Crippen LogP contribution in [0.4, 0.5) is 8.78 Å². The first-order valence-electron chi connectivity index (χ1n) is 4.37. The van der Waals surface area contributed by atoms with Crippen molar-refractivity contribution in [3.8, 4) is 0 Å². The van der Waals surface area contributed by atoms with Crippen molar-refractivity contribution in [3.63, 3.8) is 0 Å². The number of halogens is 2. The molecular formula is C10H11F2N. The highest BCUT2D eigenvalue weighted by Gasteiger charge is 2.37. The van der Waals surface area contributed by atoms with E-state index >= 15 is 0 Å². The van der Waals surface area contributed by atoms with Crippen molar-refractivity contribution in [3.05, 3.63) is 35.4 Å². The topological polar surface area (TPSA) is 26.0 Å². The van der Waals surface area contributed by atoms with Crippen molar-refractivity contribution in [1.82, 2.24) is 0 Å². The zero-order valence-electron chi connectivity index (χ0n) is 7.13. The molecule has 2 rings (SSSR count). The maximum atomic E-state index is 12.8. The lowest BCUT2D eigenvalue weighted by Gasteiger charge is -1.99. The number of hydrogen-bond acceptors (Lipinski definition) is 1. The largest absolute Gasteiger partial charge is 0.330 e. The van der Waals surface area contributed by atoms with E-state index in [1.165, 1.54) is 12.1 Å². The Morgan fingerprint density at radius 2 is 1.85 bits per heavy atom. The zero-order valence-corrected chi connectivity index (χ0v) is 7.13. The molecule has 1 saturated carbocycles. The molecule has 1 aromatic rings. The van der Waals surface area contributed by atoms with Gasteiger partial charge < -0.3 is 5.73 Å². The molecule has 2 N–H and O–H groups in total. The molecule has 0 saturated heterocycles. The fraction of sp³-hybridized carbons (Fsp3) is 0.400. The van der Waals surface area contributed by atoms with Gasteiger partial charge in [0.2, 0.25) is 0 Å². The summed E-state index contributed by atoms with van der Waals surface area (Å²) in [5.74, 6) is -0.313. The van der Waals surface area contributed by atoms with E-state index in [1.807, 2.05) is 0 Å². The van der Waals surface area contributed by atoms with Crippen molar-refractivity contribution in [1.29, 1.82) is 0 Å². The van der Waals surface area contributed by atoms with E-state index in [9.17, 15) is 8.78 Å². The van der Waals surface area contributed by atoms with Crippen LogP contribution < -0.4 is 5.73 Å². The summed E-state index contributed by atoms with van der Waals surface area (Å²) in [6.45, 7) is 0.600. The van der Waals surface area contributed by atoms with E-state index in [4.69, 9.17) is 5.73 Å². The molecule has 70 valence electrons. The van der Waals surface area contributed by atoms with Crippen molar-refractivity contribution in [2.45, 2.75) is 12.3 Å². The average Bonchev–Trinajstić information content (AvgIpc) is 2.80. The van der Waals surface area contributed by atoms with E-state index in [0.29, 0.717) is 12.5 Å². The van der Waals surface area contributed by atoms with Crippen LogP contribution in [0.15, 0.2) is 18.2 Å². The van der Waals surface area contributed by atoms with Crippen LogP contribution in [0, 0.1) is 17.6 Å². The van der Waals surface area contributed by atoms with Crippen molar-refractivity contribution < 1.29 is 8.78 Å². The summed E-state index contributed by atoms with van der Waals surface area (Å²) < 4.78 is 25.6. The summed E-state index contributed by atoms with van der Waals surface area (Å²) >= 11 is 0. The third-order valence-corrected chi connectivity index (χ3v) is 2.54. The second kappa shape index (κ2) is 3.07. The van der Waals surface area contributed by atoms with Crippen molar-refractivity contribution in [2.75, 3.05) is 6.54 Å². The molecule has 0 aliphatic heterocycles. The molecule has 0 heterocycles. The molecule has 0 radical (unpaired) electrons. The van der Waals surface area contributed by atoms with Crippen LogP contribution in [0.1, 0.15) is 17.9 Å². The first kappa shape index (κ1) is 8.63. The lowest BCUT2D eigenvalue weighted by atomic mass is 10.1. The van der Waals surface area contributed by atoms with Crippen LogP contribution in [-0.4, -0.2) is 6.54 Å². The van der Waals surface area contributed by atoms with Gasteiger partial charge in [-0.05, 0) is 42.5 Å². The number of hydrogen-bond donors (Lipinski definition) is 1. The number of nitrogens with two attached hydrogens (primary N) is 1. The average molecular weight is 183 g/mol. The highest BCUT2D eigenvalue weighted by Crippen LogP contribution is 2.46. The molecule has 0 amide bonds. The minimum Gasteiger partial charge on any atom is -0.330 e. The predicted octanol–water partition coefficient (Wildman–Crippen LogP) is 2.03. The highest BCUT2D eigenvalue weighted by molar-refractivity contribution is 5.27. The molecule has 1 aliphatic rings. The summed E-state index contributed by atoms with van der Waals surface area (Å²) in [5, 5.41) is 0. The minimum absolute atomic E-state index is 0.273. The summed E-state index contributed by atoms with van der Waals surface area (Å²) in [7, 11) is 0. The first-order valence-corrected chi connectivity index (χ1v) is 4.37. The molecule has 0 bridgehead atoms. The molecule has 2 atom stereocenters. The zero-order chi connectivity index (χ0) is 9.42. The van der Waals surface area contributed by atoms with E-state index < -0.39 is 11.6 Å². The molecule has 3 heteroatoms. The fourth-order valence-electron chi connectivity index (χ4n) is 1.71. The van der Waals surface area contributed by atoms with E-state index in [0.717, 1.165) is 18.1 Å². The number of benzene rings is 1. The standard InChI is InChI=1S/C10H11F2N/c11-8-1-6(2-9(12)4-8)10-3-7(10)5-13/h1-2,4,7,10H,3,5,13H2. The Labute approximate surface area is 75.6 Å². The number of rotatable bonds is 2. The molecule has 2 unspecified atom stereocenters. The van der Waals surface area contributed by atoms with Gasteiger partial charge in [-0.25, -0.2) is 8.78 Å². The summed E-state index contributed by atoms with van der Waals surface area (Å²) in [4.78, 5) is 0. The van der Waals surface area contributed by atoms with Crippen LogP contribution in [-0.2, 0) is 0 Å². The van der Waals surface area contributed by atoms with Crippen LogP contribution in [0.25, 0.3) is 0 Å². The second-order valence-corrected chi connectivity index (χ2v) is 3.54. The molecule has 1 nitrogen and oxygen atoms in total. The Balaban J connectivity index is 2.22. The quantitative estimate of drug-likeness (QED) is 0.745. The lowest BCUT2D eigenvalue weighted by Crippen LogP contribution is -2.02. The van der Waals surface area contributed by atoms with E-state index in [1.54, 1.807) is 0 Å². The fourth-order valence-corrected chi connectivity index (χ4v) is 1.71. The van der Waals surface area contributed by atoms with Crippen LogP contribution in [0.5, 0.6) is 0 Å². The normalized spacial score (nSPS) is 26.1. The van der Waals surface area contributed by atoms with Crippen LogP contribution in [0.2, 0.25) is 0 Å². The van der Waals surface area contributed by atoms with Crippen molar-refractivity contribution >= 4 is 0 Å². The van der Waals surface area contributed by atoms with E-state index in [2.05, 4.69) is 0 Å². The van der Waals surface area contributed by atoms with Gasteiger partial charge in [-0.1, -0.05) is 0 Å². The SMILES string of the molecule is NCC1CC1c1cc(F)cc(F)c1. The summed E-state index contributed by atoms with van der Waals surface area (Å²) in [6.07, 6.45) is 0.958. The summed E-state index contributed by atoms with van der Waals surface area (Å²) in [5.41, 5.74) is 6.19. The maximum absolute atomic E-state index is 12.8. The minimum atomic E-state index is -0.502. The Morgan fingerprint density at radius 3 is 2.31 bits per heavy atom. The van der Waals surface area contributed by atoms with Gasteiger partial charge in [0, 0.05) is 6.07 Å².